The van der Waals surface area contributed by atoms with E-state index in [0.717, 1.165) is 24.8 Å². The molecular formula is C18H18F3NO4S2. The van der Waals surface area contributed by atoms with Gasteiger partial charge in [0.1, 0.15) is 6.04 Å². The number of methoxy groups -OCH3 is 1. The fourth-order valence-corrected chi connectivity index (χ4v) is 4.53. The van der Waals surface area contributed by atoms with Gasteiger partial charge in [-0.05, 0) is 29.8 Å². The van der Waals surface area contributed by atoms with Crippen LogP contribution in [-0.2, 0) is 31.5 Å². The van der Waals surface area contributed by atoms with Gasteiger partial charge in [-0.3, -0.25) is 4.79 Å². The smallest absolute Gasteiger partial charge is 0.416 e. The highest BCUT2D eigenvalue weighted by molar-refractivity contribution is 7.98. The summed E-state index contributed by atoms with van der Waals surface area (Å²) in [6.45, 7) is 0. The molecule has 0 aliphatic rings. The zero-order valence-electron chi connectivity index (χ0n) is 14.8. The van der Waals surface area contributed by atoms with Crippen molar-refractivity contribution >= 4 is 27.8 Å². The molecule has 2 aromatic carbocycles. The van der Waals surface area contributed by atoms with Gasteiger partial charge in [-0.25, -0.2) is 8.42 Å². The lowest BCUT2D eigenvalue weighted by Gasteiger charge is -2.17. The number of rotatable bonds is 8. The van der Waals surface area contributed by atoms with E-state index < -0.39 is 33.8 Å². The first-order valence-corrected chi connectivity index (χ1v) is 10.7. The summed E-state index contributed by atoms with van der Waals surface area (Å²) < 4.78 is 69.6. The molecule has 10 heteroatoms. The summed E-state index contributed by atoms with van der Waals surface area (Å²) in [5.74, 6) is -0.131. The van der Waals surface area contributed by atoms with E-state index in [1.165, 1.54) is 11.8 Å². The number of carbonyl (C=O) groups excluding carboxylic acids is 1. The van der Waals surface area contributed by atoms with Gasteiger partial charge in [-0.1, -0.05) is 30.3 Å². The Morgan fingerprint density at radius 2 is 1.71 bits per heavy atom. The molecule has 0 aromatic heterocycles. The average Bonchev–Trinajstić information content (AvgIpc) is 2.66. The van der Waals surface area contributed by atoms with Crippen LogP contribution in [0.2, 0.25) is 0 Å². The normalized spacial score (nSPS) is 13.1. The number of alkyl halides is 3. The molecule has 0 heterocycles. The van der Waals surface area contributed by atoms with Crippen LogP contribution in [0.4, 0.5) is 13.2 Å². The van der Waals surface area contributed by atoms with E-state index in [1.807, 2.05) is 30.3 Å². The van der Waals surface area contributed by atoms with Gasteiger partial charge >= 0.3 is 12.1 Å². The van der Waals surface area contributed by atoms with Crippen LogP contribution in [0.5, 0.6) is 0 Å². The zero-order valence-corrected chi connectivity index (χ0v) is 16.4. The van der Waals surface area contributed by atoms with Crippen LogP contribution in [-0.4, -0.2) is 33.3 Å². The van der Waals surface area contributed by atoms with Crippen LogP contribution >= 0.6 is 11.8 Å². The highest BCUT2D eigenvalue weighted by atomic mass is 32.2. The number of nitrogens with one attached hydrogen (secondary N) is 1. The molecule has 152 valence electrons. The molecule has 5 nitrogen and oxygen atoms in total. The molecule has 1 atom stereocenters. The van der Waals surface area contributed by atoms with E-state index in [2.05, 4.69) is 9.46 Å². The molecule has 0 saturated heterocycles. The van der Waals surface area contributed by atoms with Crippen LogP contribution in [0.1, 0.15) is 11.1 Å². The fourth-order valence-electron chi connectivity index (χ4n) is 2.24. The van der Waals surface area contributed by atoms with Gasteiger partial charge in [0, 0.05) is 11.5 Å². The largest absolute Gasteiger partial charge is 0.468 e. The Hall–Kier alpha value is -2.04. The number of hydrogen-bond acceptors (Lipinski definition) is 5. The third-order valence-electron chi connectivity index (χ3n) is 3.67. The third-order valence-corrected chi connectivity index (χ3v) is 6.27. The van der Waals surface area contributed by atoms with Gasteiger partial charge in [0.05, 0.1) is 17.6 Å². The topological polar surface area (TPSA) is 72.5 Å². The van der Waals surface area contributed by atoms with E-state index in [-0.39, 0.29) is 10.6 Å². The molecule has 1 unspecified atom stereocenters. The molecule has 28 heavy (non-hydrogen) atoms. The third kappa shape index (κ3) is 6.25. The van der Waals surface area contributed by atoms with Gasteiger partial charge in [-0.15, -0.1) is 0 Å². The zero-order chi connectivity index (χ0) is 20.8. The van der Waals surface area contributed by atoms with Crippen molar-refractivity contribution in [3.63, 3.8) is 0 Å². The first-order chi connectivity index (χ1) is 13.1. The lowest BCUT2D eigenvalue weighted by atomic mass is 10.2. The number of carbonyl (C=O) groups is 1. The minimum absolute atomic E-state index is 0.0986. The van der Waals surface area contributed by atoms with E-state index >= 15 is 0 Å². The number of halogens is 3. The number of sulfonamides is 1. The number of ether oxygens (including phenoxy) is 1. The maximum absolute atomic E-state index is 12.6. The van der Waals surface area contributed by atoms with E-state index in [9.17, 15) is 26.4 Å². The van der Waals surface area contributed by atoms with Crippen molar-refractivity contribution in [3.8, 4) is 0 Å². The molecule has 0 bridgehead atoms. The van der Waals surface area contributed by atoms with Crippen molar-refractivity contribution in [1.29, 1.82) is 0 Å². The maximum Gasteiger partial charge on any atom is 0.416 e. The Balaban J connectivity index is 2.08. The van der Waals surface area contributed by atoms with E-state index in [0.29, 0.717) is 17.9 Å². The SMILES string of the molecule is COC(=O)C(CSCc1ccccc1)NS(=O)(=O)c1ccc(C(F)(F)F)cc1. The molecular weight excluding hydrogens is 415 g/mol. The summed E-state index contributed by atoms with van der Waals surface area (Å²) in [5.41, 5.74) is 0.0381. The lowest BCUT2D eigenvalue weighted by molar-refractivity contribution is -0.142. The van der Waals surface area contributed by atoms with Crippen LogP contribution in [0, 0.1) is 0 Å². The molecule has 0 fully saturated rings. The highest BCUT2D eigenvalue weighted by Gasteiger charge is 2.31. The summed E-state index contributed by atoms with van der Waals surface area (Å²) in [6.07, 6.45) is -4.57. The number of thioether (sulfide) groups is 1. The van der Waals surface area contributed by atoms with Crippen molar-refractivity contribution in [2.75, 3.05) is 12.9 Å². The standard InChI is InChI=1S/C18H18F3NO4S2/c1-26-17(23)16(12-27-11-13-5-3-2-4-6-13)22-28(24,25)15-9-7-14(8-10-15)18(19,20)21/h2-10,16,22H,11-12H2,1H3. The maximum atomic E-state index is 12.6. The van der Waals surface area contributed by atoms with Gasteiger partial charge in [0.2, 0.25) is 10.0 Å². The summed E-state index contributed by atoms with van der Waals surface area (Å²) >= 11 is 1.32. The molecule has 0 radical (unpaired) electrons. The fraction of sp³-hybridized carbons (Fsp3) is 0.278. The quantitative estimate of drug-likeness (QED) is 0.646. The summed E-state index contributed by atoms with van der Waals surface area (Å²) in [6, 6.07) is 11.2. The number of esters is 1. The summed E-state index contributed by atoms with van der Waals surface area (Å²) in [4.78, 5) is 11.6. The van der Waals surface area contributed by atoms with Crippen molar-refractivity contribution in [2.24, 2.45) is 0 Å². The first-order valence-electron chi connectivity index (χ1n) is 8.02. The molecule has 2 rings (SSSR count). The Morgan fingerprint density at radius 3 is 2.25 bits per heavy atom. The van der Waals surface area contributed by atoms with Gasteiger partial charge < -0.3 is 4.74 Å². The molecule has 0 saturated carbocycles. The second-order valence-electron chi connectivity index (χ2n) is 5.72. The minimum atomic E-state index is -4.57. The Bertz CT molecular complexity index is 885. The van der Waals surface area contributed by atoms with Crippen molar-refractivity contribution in [3.05, 3.63) is 65.7 Å². The number of hydrogen-bond donors (Lipinski definition) is 1. The molecule has 0 aliphatic heterocycles. The molecule has 1 N–H and O–H groups in total. The lowest BCUT2D eigenvalue weighted by Crippen LogP contribution is -2.43. The Morgan fingerprint density at radius 1 is 1.11 bits per heavy atom. The van der Waals surface area contributed by atoms with E-state index in [4.69, 9.17) is 0 Å². The van der Waals surface area contributed by atoms with Crippen LogP contribution in [0.15, 0.2) is 59.5 Å². The monoisotopic (exact) mass is 433 g/mol. The predicted octanol–water partition coefficient (Wildman–Crippen LogP) is 3.46. The Kier molecular flexibility index (Phi) is 7.50. The second-order valence-corrected chi connectivity index (χ2v) is 8.46. The number of benzene rings is 2. The molecule has 0 amide bonds. The summed E-state index contributed by atoms with van der Waals surface area (Å²) in [5, 5.41) is 0. The van der Waals surface area contributed by atoms with Gasteiger partial charge in [0.15, 0.2) is 0 Å². The molecule has 2 aromatic rings. The highest BCUT2D eigenvalue weighted by Crippen LogP contribution is 2.29. The van der Waals surface area contributed by atoms with E-state index in [1.54, 1.807) is 0 Å². The second kappa shape index (κ2) is 9.44. The van der Waals surface area contributed by atoms with Gasteiger partial charge in [0.25, 0.3) is 0 Å². The van der Waals surface area contributed by atoms with Crippen molar-refractivity contribution in [1.82, 2.24) is 4.72 Å². The molecule has 0 aliphatic carbocycles. The minimum Gasteiger partial charge on any atom is -0.468 e. The van der Waals surface area contributed by atoms with Gasteiger partial charge in [-0.2, -0.15) is 29.7 Å². The predicted molar refractivity (Wildman–Crippen MR) is 100 cm³/mol. The van der Waals surface area contributed by atoms with Crippen LogP contribution < -0.4 is 4.72 Å². The van der Waals surface area contributed by atoms with Crippen molar-refractivity contribution in [2.45, 2.75) is 22.9 Å². The Labute approximate surface area is 165 Å². The first kappa shape index (κ1) is 22.3. The van der Waals surface area contributed by atoms with Crippen LogP contribution in [0.3, 0.4) is 0 Å². The molecule has 0 spiro atoms. The van der Waals surface area contributed by atoms with Crippen molar-refractivity contribution < 1.29 is 31.1 Å². The van der Waals surface area contributed by atoms with Crippen LogP contribution in [0.25, 0.3) is 0 Å². The average molecular weight is 433 g/mol. The summed E-state index contributed by atoms with van der Waals surface area (Å²) in [7, 11) is -3.07.